The summed E-state index contributed by atoms with van der Waals surface area (Å²) in [4.78, 5) is 4.97. The predicted octanol–water partition coefficient (Wildman–Crippen LogP) is 7.71. The summed E-state index contributed by atoms with van der Waals surface area (Å²) in [6.07, 6.45) is 9.93. The Morgan fingerprint density at radius 3 is 2.16 bits per heavy atom. The van der Waals surface area contributed by atoms with Crippen molar-refractivity contribution in [1.82, 2.24) is 0 Å². The zero-order chi connectivity index (χ0) is 18.1. The Hall–Kier alpha value is -2.19. The Morgan fingerprint density at radius 2 is 1.40 bits per heavy atom. The first-order chi connectivity index (χ1) is 12.4. The third-order valence-electron chi connectivity index (χ3n) is 3.65. The minimum absolute atomic E-state index is 0.993. The lowest BCUT2D eigenvalue weighted by Crippen LogP contribution is -2.19. The lowest BCUT2D eigenvalue weighted by Gasteiger charge is -2.33. The summed E-state index contributed by atoms with van der Waals surface area (Å²) in [5.41, 5.74) is 3.73. The van der Waals surface area contributed by atoms with Gasteiger partial charge in [-0.25, -0.2) is 0 Å². The van der Waals surface area contributed by atoms with Crippen LogP contribution < -0.4 is 4.90 Å². The maximum atomic E-state index is 2.35. The third-order valence-corrected chi connectivity index (χ3v) is 4.78. The first kappa shape index (κ1) is 19.1. The van der Waals surface area contributed by atoms with Crippen LogP contribution in [0.5, 0.6) is 0 Å². The Balaban J connectivity index is 0.000000528. The summed E-state index contributed by atoms with van der Waals surface area (Å²) in [5.74, 6) is 0. The normalized spacial score (nSPS) is 14.3. The van der Waals surface area contributed by atoms with Gasteiger partial charge in [-0.15, -0.1) is 0 Å². The van der Waals surface area contributed by atoms with E-state index in [0.717, 1.165) is 6.42 Å². The first-order valence-electron chi connectivity index (χ1n) is 9.13. The Kier molecular flexibility index (Phi) is 7.62. The molecule has 0 fully saturated rings. The highest BCUT2D eigenvalue weighted by atomic mass is 32.2. The summed E-state index contributed by atoms with van der Waals surface area (Å²) in [5, 5.41) is 0. The van der Waals surface area contributed by atoms with Gasteiger partial charge in [0.2, 0.25) is 0 Å². The zero-order valence-electron chi connectivity index (χ0n) is 15.6. The Bertz CT molecular complexity index is 757. The van der Waals surface area contributed by atoms with E-state index in [0.29, 0.717) is 0 Å². The number of fused-ring (bicyclic) bond motifs is 1. The number of nitrogens with zero attached hydrogens (tertiary/aromatic N) is 1. The van der Waals surface area contributed by atoms with E-state index in [1.54, 1.807) is 0 Å². The summed E-state index contributed by atoms with van der Waals surface area (Å²) in [7, 11) is 0. The van der Waals surface area contributed by atoms with Crippen LogP contribution in [0.3, 0.4) is 0 Å². The van der Waals surface area contributed by atoms with E-state index in [4.69, 9.17) is 0 Å². The van der Waals surface area contributed by atoms with Gasteiger partial charge in [-0.3, -0.25) is 0 Å². The monoisotopic (exact) mass is 349 g/mol. The molecule has 1 heterocycles. The number of anilines is 2. The number of hydrogen-bond donors (Lipinski definition) is 0. The van der Waals surface area contributed by atoms with Crippen molar-refractivity contribution in [2.45, 2.75) is 39.0 Å². The van der Waals surface area contributed by atoms with Crippen LogP contribution in [0.15, 0.2) is 94.4 Å². The van der Waals surface area contributed by atoms with Crippen molar-refractivity contribution < 1.29 is 0 Å². The van der Waals surface area contributed by atoms with E-state index in [2.05, 4.69) is 83.8 Å². The molecular formula is C23H27NS. The van der Waals surface area contributed by atoms with Crippen molar-refractivity contribution in [3.8, 4) is 0 Å². The molecule has 2 heteroatoms. The summed E-state index contributed by atoms with van der Waals surface area (Å²) in [6, 6.07) is 19.2. The number of rotatable bonds is 1. The largest absolute Gasteiger partial charge is 0.308 e. The van der Waals surface area contributed by atoms with Gasteiger partial charge >= 0.3 is 0 Å². The van der Waals surface area contributed by atoms with Gasteiger partial charge in [0.05, 0.1) is 11.4 Å². The zero-order valence-corrected chi connectivity index (χ0v) is 16.4. The van der Waals surface area contributed by atoms with Gasteiger partial charge in [-0.05, 0) is 42.8 Å². The topological polar surface area (TPSA) is 3.24 Å². The Labute approximate surface area is 156 Å². The number of thioether (sulfide) groups is 1. The molecule has 0 spiro atoms. The average molecular weight is 350 g/mol. The number of hydrogen-bond acceptors (Lipinski definition) is 2. The van der Waals surface area contributed by atoms with Crippen molar-refractivity contribution in [2.24, 2.45) is 0 Å². The number of benzene rings is 2. The fourth-order valence-corrected chi connectivity index (χ4v) is 3.78. The van der Waals surface area contributed by atoms with E-state index < -0.39 is 0 Å². The molecule has 2 aliphatic rings. The molecule has 0 atom stereocenters. The molecule has 0 bridgehead atoms. The first-order valence-corrected chi connectivity index (χ1v) is 9.94. The molecule has 0 aromatic heterocycles. The van der Waals surface area contributed by atoms with Crippen LogP contribution in [0, 0.1) is 0 Å². The van der Waals surface area contributed by atoms with Crippen molar-refractivity contribution >= 4 is 23.1 Å². The SMILES string of the molecule is C1=CC2=C(C=CC1)N(c1ccccc1)c1ccccc1S2.CC.CC. The fraction of sp³-hybridized carbons (Fsp3) is 0.217. The van der Waals surface area contributed by atoms with E-state index in [9.17, 15) is 0 Å². The van der Waals surface area contributed by atoms with E-state index in [-0.39, 0.29) is 0 Å². The second-order valence-corrected chi connectivity index (χ2v) is 6.11. The highest BCUT2D eigenvalue weighted by Gasteiger charge is 2.24. The fourth-order valence-electron chi connectivity index (χ4n) is 2.70. The minimum atomic E-state index is 0.993. The molecule has 4 rings (SSSR count). The van der Waals surface area contributed by atoms with Crippen molar-refractivity contribution in [3.63, 3.8) is 0 Å². The molecule has 25 heavy (non-hydrogen) atoms. The molecule has 1 aliphatic heterocycles. The van der Waals surface area contributed by atoms with Crippen molar-refractivity contribution in [3.05, 3.63) is 89.5 Å². The second-order valence-electron chi connectivity index (χ2n) is 5.03. The van der Waals surface area contributed by atoms with Crippen LogP contribution in [0.4, 0.5) is 11.4 Å². The van der Waals surface area contributed by atoms with Crippen LogP contribution in [-0.4, -0.2) is 0 Å². The minimum Gasteiger partial charge on any atom is -0.308 e. The summed E-state index contributed by atoms with van der Waals surface area (Å²) in [6.45, 7) is 8.00. The molecule has 0 amide bonds. The van der Waals surface area contributed by atoms with Gasteiger partial charge in [0, 0.05) is 15.5 Å². The maximum absolute atomic E-state index is 2.35. The maximum Gasteiger partial charge on any atom is 0.0601 e. The van der Waals surface area contributed by atoms with E-state index in [1.165, 1.54) is 26.9 Å². The van der Waals surface area contributed by atoms with Crippen molar-refractivity contribution in [2.75, 3.05) is 4.90 Å². The molecular weight excluding hydrogens is 322 g/mol. The molecule has 1 aliphatic carbocycles. The highest BCUT2D eigenvalue weighted by molar-refractivity contribution is 8.03. The van der Waals surface area contributed by atoms with Crippen LogP contribution in [0.2, 0.25) is 0 Å². The summed E-state index contributed by atoms with van der Waals surface area (Å²) >= 11 is 1.85. The molecule has 2 aromatic rings. The molecule has 0 unspecified atom stereocenters. The van der Waals surface area contributed by atoms with Crippen LogP contribution in [-0.2, 0) is 0 Å². The van der Waals surface area contributed by atoms with Crippen LogP contribution in [0.25, 0.3) is 0 Å². The van der Waals surface area contributed by atoms with Gasteiger partial charge < -0.3 is 4.90 Å². The standard InChI is InChI=1S/C19H15NS.2C2H6/c1-3-9-15(10-4-1)20-16-11-5-2-6-13-18(16)21-19-14-8-7-12-17(19)20;2*1-2/h1,3-14H,2H2;2*1-2H3. The predicted molar refractivity (Wildman–Crippen MR) is 113 cm³/mol. The van der Waals surface area contributed by atoms with Crippen LogP contribution in [0.1, 0.15) is 34.1 Å². The molecule has 0 radical (unpaired) electrons. The van der Waals surface area contributed by atoms with Gasteiger partial charge in [-0.1, -0.05) is 81.9 Å². The molecule has 0 saturated heterocycles. The molecule has 130 valence electrons. The quantitative estimate of drug-likeness (QED) is 0.518. The molecule has 0 N–H and O–H groups in total. The van der Waals surface area contributed by atoms with Crippen LogP contribution >= 0.6 is 11.8 Å². The Morgan fingerprint density at radius 1 is 0.760 bits per heavy atom. The summed E-state index contributed by atoms with van der Waals surface area (Å²) < 4.78 is 0. The lowest BCUT2D eigenvalue weighted by molar-refractivity contribution is 1.15. The van der Waals surface area contributed by atoms with Gasteiger partial charge in [0.15, 0.2) is 0 Å². The molecule has 2 aromatic carbocycles. The average Bonchev–Trinajstić information content (AvgIpc) is 2.95. The third kappa shape index (κ3) is 4.26. The molecule has 1 nitrogen and oxygen atoms in total. The second kappa shape index (κ2) is 9.95. The smallest absolute Gasteiger partial charge is 0.0601 e. The number of para-hydroxylation sites is 2. The molecule has 0 saturated carbocycles. The highest BCUT2D eigenvalue weighted by Crippen LogP contribution is 2.47. The number of allylic oxidation sites excluding steroid dienone is 4. The van der Waals surface area contributed by atoms with Gasteiger partial charge in [0.25, 0.3) is 0 Å². The van der Waals surface area contributed by atoms with Gasteiger partial charge in [0.1, 0.15) is 0 Å². The van der Waals surface area contributed by atoms with Gasteiger partial charge in [-0.2, -0.15) is 0 Å². The van der Waals surface area contributed by atoms with E-state index >= 15 is 0 Å². The lowest BCUT2D eigenvalue weighted by atomic mass is 10.2. The van der Waals surface area contributed by atoms with E-state index in [1.807, 2.05) is 39.5 Å². The van der Waals surface area contributed by atoms with Crippen molar-refractivity contribution in [1.29, 1.82) is 0 Å².